The monoisotopic (exact) mass is 278 g/mol. The molecule has 0 amide bonds. The largest absolute Gasteiger partial charge is 0.389 e. The lowest BCUT2D eigenvalue weighted by atomic mass is 10.2. The number of hydrogen-bond donors (Lipinski definition) is 0. The molecule has 0 aromatic heterocycles. The number of halogens is 2. The summed E-state index contributed by atoms with van der Waals surface area (Å²) in [5.41, 5.74) is -0.789. The van der Waals surface area contributed by atoms with Crippen LogP contribution in [-0.2, 0) is 9.78 Å². The Morgan fingerprint density at radius 2 is 1.05 bits per heavy atom. The summed E-state index contributed by atoms with van der Waals surface area (Å²) in [6.45, 7) is 0. The van der Waals surface area contributed by atoms with E-state index in [-0.39, 0.29) is 0 Å². The van der Waals surface area contributed by atoms with Gasteiger partial charge in [-0.3, -0.25) is 0 Å². The average molecular weight is 278 g/mol. The van der Waals surface area contributed by atoms with E-state index in [4.69, 9.17) is 0 Å². The normalized spacial score (nSPS) is 9.90. The molecule has 0 fully saturated rings. The summed E-state index contributed by atoms with van der Waals surface area (Å²) in [4.78, 5) is 31.3. The van der Waals surface area contributed by atoms with Gasteiger partial charge in [0, 0.05) is 0 Å². The lowest BCUT2D eigenvalue weighted by Gasteiger charge is -2.04. The Morgan fingerprint density at radius 3 is 1.40 bits per heavy atom. The quantitative estimate of drug-likeness (QED) is 0.626. The van der Waals surface area contributed by atoms with Crippen molar-refractivity contribution in [1.29, 1.82) is 0 Å². The molecule has 0 radical (unpaired) electrons. The van der Waals surface area contributed by atoms with Gasteiger partial charge in [0.2, 0.25) is 0 Å². The second-order valence-electron chi connectivity index (χ2n) is 3.70. The van der Waals surface area contributed by atoms with E-state index in [9.17, 15) is 18.4 Å². The Kier molecular flexibility index (Phi) is 4.05. The maximum Gasteiger partial charge on any atom is 0.389 e. The SMILES string of the molecule is O=C(OOC(=O)c1ccccc1F)c1ccccc1F. The highest BCUT2D eigenvalue weighted by atomic mass is 19.1. The molecule has 20 heavy (non-hydrogen) atoms. The van der Waals surface area contributed by atoms with Gasteiger partial charge in [-0.1, -0.05) is 24.3 Å². The summed E-state index contributed by atoms with van der Waals surface area (Å²) in [7, 11) is 0. The maximum absolute atomic E-state index is 13.3. The highest BCUT2D eigenvalue weighted by Gasteiger charge is 2.18. The third-order valence-electron chi connectivity index (χ3n) is 2.38. The Bertz CT molecular complexity index is 598. The van der Waals surface area contributed by atoms with E-state index < -0.39 is 34.7 Å². The van der Waals surface area contributed by atoms with Crippen LogP contribution in [0.2, 0.25) is 0 Å². The van der Waals surface area contributed by atoms with Crippen molar-refractivity contribution in [3.05, 3.63) is 71.3 Å². The standard InChI is InChI=1S/C14H8F2O4/c15-11-7-3-1-5-9(11)13(17)19-20-14(18)10-6-2-4-8-12(10)16/h1-8H. The minimum atomic E-state index is -1.19. The number of benzene rings is 2. The van der Waals surface area contributed by atoms with E-state index in [0.29, 0.717) is 0 Å². The molecule has 0 atom stereocenters. The Morgan fingerprint density at radius 1 is 0.700 bits per heavy atom. The maximum atomic E-state index is 13.3. The fourth-order valence-corrected chi connectivity index (χ4v) is 1.42. The van der Waals surface area contributed by atoms with Crippen molar-refractivity contribution in [3.8, 4) is 0 Å². The summed E-state index contributed by atoms with van der Waals surface area (Å²) in [6, 6.07) is 10.0. The van der Waals surface area contributed by atoms with Gasteiger partial charge in [-0.25, -0.2) is 28.1 Å². The molecule has 0 bridgehead atoms. The third kappa shape index (κ3) is 2.97. The first-order valence-electron chi connectivity index (χ1n) is 5.52. The van der Waals surface area contributed by atoms with Gasteiger partial charge < -0.3 is 0 Å². The molecule has 4 nitrogen and oxygen atoms in total. The zero-order valence-corrected chi connectivity index (χ0v) is 10.0. The number of hydrogen-bond acceptors (Lipinski definition) is 4. The third-order valence-corrected chi connectivity index (χ3v) is 2.38. The molecular weight excluding hydrogens is 270 g/mol. The zero-order valence-electron chi connectivity index (χ0n) is 10.0. The highest BCUT2D eigenvalue weighted by molar-refractivity contribution is 5.92. The van der Waals surface area contributed by atoms with E-state index in [0.717, 1.165) is 24.3 Å². The van der Waals surface area contributed by atoms with Crippen LogP contribution in [0.25, 0.3) is 0 Å². The van der Waals surface area contributed by atoms with Crippen molar-refractivity contribution in [2.45, 2.75) is 0 Å². The van der Waals surface area contributed by atoms with Crippen LogP contribution in [0.3, 0.4) is 0 Å². The summed E-state index contributed by atoms with van der Waals surface area (Å²) in [5, 5.41) is 0. The van der Waals surface area contributed by atoms with Crippen LogP contribution in [-0.4, -0.2) is 11.9 Å². The zero-order chi connectivity index (χ0) is 14.5. The van der Waals surface area contributed by atoms with Crippen LogP contribution in [0.1, 0.15) is 20.7 Å². The first-order chi connectivity index (χ1) is 9.59. The van der Waals surface area contributed by atoms with E-state index in [1.165, 1.54) is 24.3 Å². The van der Waals surface area contributed by atoms with Gasteiger partial charge in [0.15, 0.2) is 0 Å². The topological polar surface area (TPSA) is 52.6 Å². The minimum absolute atomic E-state index is 0.395. The van der Waals surface area contributed by atoms with Crippen molar-refractivity contribution in [1.82, 2.24) is 0 Å². The molecule has 0 N–H and O–H groups in total. The molecule has 0 aliphatic heterocycles. The molecule has 2 rings (SSSR count). The number of rotatable bonds is 2. The van der Waals surface area contributed by atoms with Crippen molar-refractivity contribution >= 4 is 11.9 Å². The molecule has 0 spiro atoms. The van der Waals surface area contributed by atoms with Crippen LogP contribution < -0.4 is 0 Å². The molecule has 0 unspecified atom stereocenters. The van der Waals surface area contributed by atoms with Gasteiger partial charge in [-0.05, 0) is 24.3 Å². The van der Waals surface area contributed by atoms with Gasteiger partial charge >= 0.3 is 11.9 Å². The summed E-state index contributed by atoms with van der Waals surface area (Å²) >= 11 is 0. The van der Waals surface area contributed by atoms with E-state index in [1.807, 2.05) is 0 Å². The van der Waals surface area contributed by atoms with Gasteiger partial charge in [-0.2, -0.15) is 0 Å². The molecule has 0 saturated heterocycles. The molecule has 0 saturated carbocycles. The van der Waals surface area contributed by atoms with Gasteiger partial charge in [0.25, 0.3) is 0 Å². The van der Waals surface area contributed by atoms with Crippen LogP contribution in [0.15, 0.2) is 48.5 Å². The summed E-state index contributed by atoms with van der Waals surface area (Å²) in [6.07, 6.45) is 0. The first-order valence-corrected chi connectivity index (χ1v) is 5.52. The lowest BCUT2D eigenvalue weighted by molar-refractivity contribution is -0.188. The minimum Gasteiger partial charge on any atom is -0.241 e. The van der Waals surface area contributed by atoms with E-state index in [2.05, 4.69) is 9.78 Å². The lowest BCUT2D eigenvalue weighted by Crippen LogP contribution is -2.13. The summed E-state index contributed by atoms with van der Waals surface area (Å²) in [5.74, 6) is -4.01. The molecule has 0 heterocycles. The first kappa shape index (κ1) is 13.7. The highest BCUT2D eigenvalue weighted by Crippen LogP contribution is 2.11. The van der Waals surface area contributed by atoms with Crippen LogP contribution in [0.5, 0.6) is 0 Å². The molecule has 0 aliphatic rings. The molecule has 6 heteroatoms. The molecule has 0 aliphatic carbocycles. The fourth-order valence-electron chi connectivity index (χ4n) is 1.42. The molecule has 2 aromatic rings. The van der Waals surface area contributed by atoms with Crippen molar-refractivity contribution in [3.63, 3.8) is 0 Å². The second kappa shape index (κ2) is 5.92. The number of carbonyl (C=O) groups excluding carboxylic acids is 2. The van der Waals surface area contributed by atoms with Crippen molar-refractivity contribution < 1.29 is 28.1 Å². The predicted molar refractivity (Wildman–Crippen MR) is 63.6 cm³/mol. The Labute approximate surface area is 112 Å². The molecule has 2 aromatic carbocycles. The molecular formula is C14H8F2O4. The van der Waals surface area contributed by atoms with Gasteiger partial charge in [0.05, 0.1) is 11.1 Å². The fraction of sp³-hybridized carbons (Fsp3) is 0. The second-order valence-corrected chi connectivity index (χ2v) is 3.70. The van der Waals surface area contributed by atoms with Crippen molar-refractivity contribution in [2.24, 2.45) is 0 Å². The van der Waals surface area contributed by atoms with Gasteiger partial charge in [0.1, 0.15) is 11.6 Å². The Hall–Kier alpha value is -2.76. The molecule has 102 valence electrons. The van der Waals surface area contributed by atoms with Gasteiger partial charge in [-0.15, -0.1) is 0 Å². The van der Waals surface area contributed by atoms with Crippen LogP contribution >= 0.6 is 0 Å². The average Bonchev–Trinajstić information content (AvgIpc) is 2.45. The predicted octanol–water partition coefficient (Wildman–Crippen LogP) is 2.89. The smallest absolute Gasteiger partial charge is 0.241 e. The number of carbonyl (C=O) groups is 2. The van der Waals surface area contributed by atoms with Crippen LogP contribution in [0.4, 0.5) is 8.78 Å². The summed E-state index contributed by atoms with van der Waals surface area (Å²) < 4.78 is 26.5. The van der Waals surface area contributed by atoms with E-state index in [1.54, 1.807) is 0 Å². The van der Waals surface area contributed by atoms with E-state index >= 15 is 0 Å². The van der Waals surface area contributed by atoms with Crippen LogP contribution in [0, 0.1) is 11.6 Å². The Balaban J connectivity index is 2.03. The van der Waals surface area contributed by atoms with Crippen molar-refractivity contribution in [2.75, 3.05) is 0 Å².